The van der Waals surface area contributed by atoms with Gasteiger partial charge in [0.05, 0.1) is 0 Å². The molecule has 16 heavy (non-hydrogen) atoms. The highest BCUT2D eigenvalue weighted by Crippen LogP contribution is 2.17. The van der Waals surface area contributed by atoms with Gasteiger partial charge in [-0.1, -0.05) is 18.2 Å². The lowest BCUT2D eigenvalue weighted by atomic mass is 10.1. The van der Waals surface area contributed by atoms with E-state index in [1.165, 1.54) is 37.1 Å². The van der Waals surface area contributed by atoms with Crippen LogP contribution in [0, 0.1) is 6.92 Å². The van der Waals surface area contributed by atoms with Gasteiger partial charge in [0.15, 0.2) is 0 Å². The largest absolute Gasteiger partial charge is 0.382 e. The summed E-state index contributed by atoms with van der Waals surface area (Å²) in [6.45, 7) is 5.62. The Kier molecular flexibility index (Phi) is 3.83. The monoisotopic (exact) mass is 218 g/mol. The van der Waals surface area contributed by atoms with Crippen LogP contribution < -0.4 is 10.6 Å². The molecule has 2 heteroatoms. The van der Waals surface area contributed by atoms with Gasteiger partial charge in [-0.15, -0.1) is 0 Å². The fourth-order valence-corrected chi connectivity index (χ4v) is 2.44. The summed E-state index contributed by atoms with van der Waals surface area (Å²) in [6.07, 6.45) is 3.88. The van der Waals surface area contributed by atoms with Crippen molar-refractivity contribution in [1.29, 1.82) is 0 Å². The third-order valence-corrected chi connectivity index (χ3v) is 3.35. The zero-order valence-corrected chi connectivity index (χ0v) is 10.3. The van der Waals surface area contributed by atoms with Crippen LogP contribution in [0.15, 0.2) is 24.3 Å². The average molecular weight is 218 g/mol. The summed E-state index contributed by atoms with van der Waals surface area (Å²) in [5, 5.41) is 7.14. The maximum atomic E-state index is 3.60. The van der Waals surface area contributed by atoms with E-state index in [2.05, 4.69) is 48.7 Å². The number of rotatable bonds is 4. The SMILES string of the molecule is Cc1ccccc1NC(C)CC1CCCN1. The van der Waals surface area contributed by atoms with Crippen LogP contribution in [0.3, 0.4) is 0 Å². The second-order valence-electron chi connectivity index (χ2n) is 4.89. The van der Waals surface area contributed by atoms with Crippen molar-refractivity contribution in [3.63, 3.8) is 0 Å². The highest BCUT2D eigenvalue weighted by molar-refractivity contribution is 5.50. The van der Waals surface area contributed by atoms with E-state index in [-0.39, 0.29) is 0 Å². The standard InChI is InChI=1S/C14H22N2/c1-11-6-3-4-8-14(11)16-12(2)10-13-7-5-9-15-13/h3-4,6,8,12-13,15-16H,5,7,9-10H2,1-2H3. The number of anilines is 1. The number of para-hydroxylation sites is 1. The van der Waals surface area contributed by atoms with Crippen molar-refractivity contribution in [3.8, 4) is 0 Å². The fourth-order valence-electron chi connectivity index (χ4n) is 2.44. The average Bonchev–Trinajstić information content (AvgIpc) is 2.74. The maximum Gasteiger partial charge on any atom is 0.0371 e. The van der Waals surface area contributed by atoms with Gasteiger partial charge < -0.3 is 10.6 Å². The van der Waals surface area contributed by atoms with Crippen molar-refractivity contribution in [3.05, 3.63) is 29.8 Å². The summed E-state index contributed by atoms with van der Waals surface area (Å²) < 4.78 is 0. The molecule has 2 atom stereocenters. The predicted molar refractivity (Wildman–Crippen MR) is 69.9 cm³/mol. The van der Waals surface area contributed by atoms with Crippen LogP contribution >= 0.6 is 0 Å². The Morgan fingerprint density at radius 1 is 1.44 bits per heavy atom. The first kappa shape index (κ1) is 11.5. The normalized spacial score (nSPS) is 22.0. The van der Waals surface area contributed by atoms with Crippen molar-refractivity contribution >= 4 is 5.69 Å². The van der Waals surface area contributed by atoms with Crippen LogP contribution in [-0.2, 0) is 0 Å². The number of nitrogens with one attached hydrogen (secondary N) is 2. The highest BCUT2D eigenvalue weighted by Gasteiger charge is 2.16. The third-order valence-electron chi connectivity index (χ3n) is 3.35. The lowest BCUT2D eigenvalue weighted by Crippen LogP contribution is -2.29. The molecule has 1 aromatic carbocycles. The first-order valence-electron chi connectivity index (χ1n) is 6.31. The molecule has 1 aliphatic heterocycles. The zero-order chi connectivity index (χ0) is 11.4. The lowest BCUT2D eigenvalue weighted by Gasteiger charge is -2.20. The Bertz CT molecular complexity index is 329. The summed E-state index contributed by atoms with van der Waals surface area (Å²) in [5.74, 6) is 0. The van der Waals surface area contributed by atoms with E-state index in [0.717, 1.165) is 0 Å². The Hall–Kier alpha value is -1.02. The Morgan fingerprint density at radius 3 is 2.94 bits per heavy atom. The molecule has 0 saturated carbocycles. The molecule has 88 valence electrons. The Balaban J connectivity index is 1.86. The Labute approximate surface area is 98.4 Å². The molecule has 1 heterocycles. The predicted octanol–water partition coefficient (Wildman–Crippen LogP) is 2.94. The van der Waals surface area contributed by atoms with Crippen LogP contribution in [0.2, 0.25) is 0 Å². The van der Waals surface area contributed by atoms with Gasteiger partial charge in [-0.3, -0.25) is 0 Å². The molecule has 2 N–H and O–H groups in total. The van der Waals surface area contributed by atoms with Crippen molar-refractivity contribution in [1.82, 2.24) is 5.32 Å². The quantitative estimate of drug-likeness (QED) is 0.812. The van der Waals surface area contributed by atoms with E-state index in [4.69, 9.17) is 0 Å². The van der Waals surface area contributed by atoms with E-state index in [1.54, 1.807) is 0 Å². The molecular formula is C14H22N2. The minimum atomic E-state index is 0.539. The summed E-state index contributed by atoms with van der Waals surface area (Å²) in [7, 11) is 0. The molecule has 1 saturated heterocycles. The minimum absolute atomic E-state index is 0.539. The maximum absolute atomic E-state index is 3.60. The molecule has 1 aromatic rings. The topological polar surface area (TPSA) is 24.1 Å². The molecule has 1 aliphatic rings. The highest BCUT2D eigenvalue weighted by atomic mass is 15.0. The van der Waals surface area contributed by atoms with Gasteiger partial charge in [-0.2, -0.15) is 0 Å². The Morgan fingerprint density at radius 2 is 2.25 bits per heavy atom. The van der Waals surface area contributed by atoms with Crippen molar-refractivity contribution in [2.75, 3.05) is 11.9 Å². The van der Waals surface area contributed by atoms with E-state index in [9.17, 15) is 0 Å². The zero-order valence-electron chi connectivity index (χ0n) is 10.3. The third kappa shape index (κ3) is 2.99. The van der Waals surface area contributed by atoms with Gasteiger partial charge in [0.1, 0.15) is 0 Å². The molecule has 0 radical (unpaired) electrons. The molecule has 0 aliphatic carbocycles. The number of benzene rings is 1. The smallest absolute Gasteiger partial charge is 0.0371 e. The van der Waals surface area contributed by atoms with Crippen molar-refractivity contribution < 1.29 is 0 Å². The van der Waals surface area contributed by atoms with Crippen LogP contribution in [0.4, 0.5) is 5.69 Å². The molecular weight excluding hydrogens is 196 g/mol. The molecule has 0 bridgehead atoms. The van der Waals surface area contributed by atoms with E-state index < -0.39 is 0 Å². The summed E-state index contributed by atoms with van der Waals surface area (Å²) >= 11 is 0. The van der Waals surface area contributed by atoms with Gasteiger partial charge in [0.25, 0.3) is 0 Å². The van der Waals surface area contributed by atoms with E-state index in [0.29, 0.717) is 12.1 Å². The molecule has 0 aromatic heterocycles. The van der Waals surface area contributed by atoms with Crippen LogP contribution in [0.1, 0.15) is 31.7 Å². The van der Waals surface area contributed by atoms with E-state index in [1.807, 2.05) is 0 Å². The van der Waals surface area contributed by atoms with Crippen LogP contribution in [0.5, 0.6) is 0 Å². The second-order valence-corrected chi connectivity index (χ2v) is 4.89. The van der Waals surface area contributed by atoms with E-state index >= 15 is 0 Å². The summed E-state index contributed by atoms with van der Waals surface area (Å²) in [4.78, 5) is 0. The van der Waals surface area contributed by atoms with Crippen LogP contribution in [0.25, 0.3) is 0 Å². The van der Waals surface area contributed by atoms with Gasteiger partial charge in [0, 0.05) is 17.8 Å². The second kappa shape index (κ2) is 5.35. The van der Waals surface area contributed by atoms with Gasteiger partial charge in [-0.25, -0.2) is 0 Å². The molecule has 2 rings (SSSR count). The molecule has 2 nitrogen and oxygen atoms in total. The van der Waals surface area contributed by atoms with Gasteiger partial charge >= 0.3 is 0 Å². The lowest BCUT2D eigenvalue weighted by molar-refractivity contribution is 0.523. The summed E-state index contributed by atoms with van der Waals surface area (Å²) in [6, 6.07) is 9.75. The molecule has 0 spiro atoms. The van der Waals surface area contributed by atoms with Crippen molar-refractivity contribution in [2.45, 2.75) is 45.2 Å². The number of hydrogen-bond donors (Lipinski definition) is 2. The first-order valence-corrected chi connectivity index (χ1v) is 6.31. The van der Waals surface area contributed by atoms with Gasteiger partial charge in [0.2, 0.25) is 0 Å². The fraction of sp³-hybridized carbons (Fsp3) is 0.571. The van der Waals surface area contributed by atoms with Crippen LogP contribution in [-0.4, -0.2) is 18.6 Å². The summed E-state index contributed by atoms with van der Waals surface area (Å²) in [5.41, 5.74) is 2.60. The molecule has 2 unspecified atom stereocenters. The first-order chi connectivity index (χ1) is 7.75. The molecule has 1 fully saturated rings. The number of hydrogen-bond acceptors (Lipinski definition) is 2. The number of aryl methyl sites for hydroxylation is 1. The minimum Gasteiger partial charge on any atom is -0.382 e. The van der Waals surface area contributed by atoms with Crippen molar-refractivity contribution in [2.24, 2.45) is 0 Å². The molecule has 0 amide bonds. The van der Waals surface area contributed by atoms with Gasteiger partial charge in [-0.05, 0) is 51.3 Å².